The number of aromatic amines is 1. The van der Waals surface area contributed by atoms with Crippen molar-refractivity contribution in [3.8, 4) is 0 Å². The second-order valence-corrected chi connectivity index (χ2v) is 6.04. The van der Waals surface area contributed by atoms with Crippen LogP contribution in [0, 0.1) is 12.8 Å². The first kappa shape index (κ1) is 14.1. The predicted molar refractivity (Wildman–Crippen MR) is 82.6 cm³/mol. The Morgan fingerprint density at radius 1 is 1.48 bits per heavy atom. The first-order chi connectivity index (χ1) is 10.1. The van der Waals surface area contributed by atoms with Crippen molar-refractivity contribution in [2.24, 2.45) is 11.7 Å². The van der Waals surface area contributed by atoms with E-state index in [1.807, 2.05) is 19.1 Å². The highest BCUT2D eigenvalue weighted by Crippen LogP contribution is 2.26. The Kier molecular flexibility index (Phi) is 3.92. The minimum Gasteiger partial charge on any atom is -0.349 e. The van der Waals surface area contributed by atoms with Crippen LogP contribution < -0.4 is 11.1 Å². The topological polar surface area (TPSA) is 83.8 Å². The zero-order chi connectivity index (χ0) is 14.8. The quantitative estimate of drug-likeness (QED) is 0.804. The lowest BCUT2D eigenvalue weighted by atomic mass is 10.00. The Hall–Kier alpha value is -1.88. The molecule has 0 saturated heterocycles. The second-order valence-electron chi connectivity index (χ2n) is 6.04. The molecule has 0 unspecified atom stereocenters. The number of amides is 1. The summed E-state index contributed by atoms with van der Waals surface area (Å²) >= 11 is 0. The lowest BCUT2D eigenvalue weighted by molar-refractivity contribution is -0.122. The average molecular weight is 286 g/mol. The minimum absolute atomic E-state index is 0.0639. The molecule has 0 bridgehead atoms. The van der Waals surface area contributed by atoms with Crippen LogP contribution in [-0.2, 0) is 11.3 Å². The lowest BCUT2D eigenvalue weighted by Gasteiger charge is -2.14. The van der Waals surface area contributed by atoms with Gasteiger partial charge in [-0.1, -0.05) is 12.5 Å². The van der Waals surface area contributed by atoms with Crippen LogP contribution in [0.4, 0.5) is 0 Å². The van der Waals surface area contributed by atoms with E-state index in [2.05, 4.69) is 21.4 Å². The van der Waals surface area contributed by atoms with Gasteiger partial charge >= 0.3 is 0 Å². The number of benzene rings is 1. The summed E-state index contributed by atoms with van der Waals surface area (Å²) < 4.78 is 0. The summed E-state index contributed by atoms with van der Waals surface area (Å²) in [7, 11) is 0. The third kappa shape index (κ3) is 3.24. The number of imidazole rings is 1. The standard InChI is InChI=1S/C16H22N4O/c1-10-5-6-13-14(7-10)20-15(19-13)9-18-16(21)8-11-3-2-4-12(11)17/h5-7,11-12H,2-4,8-9,17H2,1H3,(H,18,21)(H,19,20)/t11-,12+/m0/s1. The number of aryl methyl sites for hydroxylation is 1. The molecule has 5 heteroatoms. The van der Waals surface area contributed by atoms with Gasteiger partial charge in [0.1, 0.15) is 5.82 Å². The molecule has 1 fully saturated rings. The van der Waals surface area contributed by atoms with Crippen molar-refractivity contribution in [2.45, 2.75) is 45.2 Å². The molecule has 4 N–H and O–H groups in total. The van der Waals surface area contributed by atoms with E-state index in [1.54, 1.807) is 0 Å². The van der Waals surface area contributed by atoms with Gasteiger partial charge in [0.15, 0.2) is 0 Å². The molecule has 1 saturated carbocycles. The van der Waals surface area contributed by atoms with Gasteiger partial charge in [-0.05, 0) is 43.4 Å². The maximum Gasteiger partial charge on any atom is 0.220 e. The van der Waals surface area contributed by atoms with Gasteiger partial charge in [-0.2, -0.15) is 0 Å². The van der Waals surface area contributed by atoms with Crippen molar-refractivity contribution >= 4 is 16.9 Å². The molecule has 1 heterocycles. The largest absolute Gasteiger partial charge is 0.349 e. The van der Waals surface area contributed by atoms with Crippen LogP contribution in [0.25, 0.3) is 11.0 Å². The van der Waals surface area contributed by atoms with E-state index < -0.39 is 0 Å². The van der Waals surface area contributed by atoms with E-state index in [4.69, 9.17) is 5.73 Å². The van der Waals surface area contributed by atoms with Gasteiger partial charge in [-0.15, -0.1) is 0 Å². The lowest BCUT2D eigenvalue weighted by Crippen LogP contribution is -2.31. The SMILES string of the molecule is Cc1ccc2nc(CNC(=O)C[C@@H]3CCC[C@H]3N)[nH]c2c1. The molecule has 21 heavy (non-hydrogen) atoms. The van der Waals surface area contributed by atoms with E-state index in [0.29, 0.717) is 18.9 Å². The van der Waals surface area contributed by atoms with Gasteiger partial charge in [0.25, 0.3) is 0 Å². The molecule has 2 atom stereocenters. The normalized spacial score (nSPS) is 21.8. The number of nitrogens with zero attached hydrogens (tertiary/aromatic N) is 1. The van der Waals surface area contributed by atoms with E-state index >= 15 is 0 Å². The molecule has 112 valence electrons. The van der Waals surface area contributed by atoms with Crippen LogP contribution in [-0.4, -0.2) is 21.9 Å². The van der Waals surface area contributed by atoms with Gasteiger partial charge in [-0.3, -0.25) is 4.79 Å². The molecule has 1 aliphatic carbocycles. The number of nitrogens with two attached hydrogens (primary N) is 1. The monoisotopic (exact) mass is 286 g/mol. The third-order valence-electron chi connectivity index (χ3n) is 4.30. The number of nitrogens with one attached hydrogen (secondary N) is 2. The molecule has 5 nitrogen and oxygen atoms in total. The molecule has 2 aromatic rings. The van der Waals surface area contributed by atoms with Crippen molar-refractivity contribution in [3.05, 3.63) is 29.6 Å². The molecule has 0 spiro atoms. The summed E-state index contributed by atoms with van der Waals surface area (Å²) in [6, 6.07) is 6.27. The molecule has 1 aromatic heterocycles. The average Bonchev–Trinajstić information content (AvgIpc) is 3.02. The van der Waals surface area contributed by atoms with Crippen LogP contribution in [0.1, 0.15) is 37.1 Å². The summed E-state index contributed by atoms with van der Waals surface area (Å²) in [5, 5.41) is 2.93. The molecule has 1 aromatic carbocycles. The van der Waals surface area contributed by atoms with Crippen LogP contribution >= 0.6 is 0 Å². The number of carbonyl (C=O) groups is 1. The van der Waals surface area contributed by atoms with E-state index in [9.17, 15) is 4.79 Å². The van der Waals surface area contributed by atoms with Crippen LogP contribution in [0.2, 0.25) is 0 Å². The maximum atomic E-state index is 12.0. The van der Waals surface area contributed by atoms with Gasteiger partial charge in [0.05, 0.1) is 17.6 Å². The minimum atomic E-state index is 0.0639. The number of H-pyrrole nitrogens is 1. The molecular weight excluding hydrogens is 264 g/mol. The van der Waals surface area contributed by atoms with Gasteiger partial charge in [0.2, 0.25) is 5.91 Å². The Balaban J connectivity index is 1.57. The van der Waals surface area contributed by atoms with E-state index in [1.165, 1.54) is 5.56 Å². The molecule has 0 aliphatic heterocycles. The molecule has 1 amide bonds. The predicted octanol–water partition coefficient (Wildman–Crippen LogP) is 2.01. The van der Waals surface area contributed by atoms with Crippen molar-refractivity contribution in [2.75, 3.05) is 0 Å². The van der Waals surface area contributed by atoms with E-state index in [0.717, 1.165) is 36.1 Å². The molecule has 3 rings (SSSR count). The maximum absolute atomic E-state index is 12.0. The fraction of sp³-hybridized carbons (Fsp3) is 0.500. The number of hydrogen-bond donors (Lipinski definition) is 3. The highest BCUT2D eigenvalue weighted by molar-refractivity contribution is 5.77. The Bertz CT molecular complexity index is 649. The zero-order valence-corrected chi connectivity index (χ0v) is 12.4. The summed E-state index contributed by atoms with van der Waals surface area (Å²) in [6.45, 7) is 2.49. The first-order valence-electron chi connectivity index (χ1n) is 7.59. The number of fused-ring (bicyclic) bond motifs is 1. The Morgan fingerprint density at radius 3 is 3.10 bits per heavy atom. The summed E-state index contributed by atoms with van der Waals surface area (Å²) in [4.78, 5) is 19.7. The van der Waals surface area contributed by atoms with Gasteiger partial charge in [-0.25, -0.2) is 4.98 Å². The van der Waals surface area contributed by atoms with Crippen LogP contribution in [0.5, 0.6) is 0 Å². The van der Waals surface area contributed by atoms with Crippen molar-refractivity contribution in [1.29, 1.82) is 0 Å². The van der Waals surface area contributed by atoms with Gasteiger partial charge in [0, 0.05) is 12.5 Å². The summed E-state index contributed by atoms with van der Waals surface area (Å²) in [6.07, 6.45) is 3.78. The third-order valence-corrected chi connectivity index (χ3v) is 4.30. The molecule has 1 aliphatic rings. The Labute approximate surface area is 124 Å². The highest BCUT2D eigenvalue weighted by atomic mass is 16.1. The van der Waals surface area contributed by atoms with Crippen molar-refractivity contribution < 1.29 is 4.79 Å². The molecular formula is C16H22N4O. The second kappa shape index (κ2) is 5.85. The number of rotatable bonds is 4. The number of aromatic nitrogens is 2. The zero-order valence-electron chi connectivity index (χ0n) is 12.4. The Morgan fingerprint density at radius 2 is 2.33 bits per heavy atom. The van der Waals surface area contributed by atoms with Crippen LogP contribution in [0.3, 0.4) is 0 Å². The van der Waals surface area contributed by atoms with Crippen molar-refractivity contribution in [3.63, 3.8) is 0 Å². The fourth-order valence-corrected chi connectivity index (χ4v) is 3.07. The number of hydrogen-bond acceptors (Lipinski definition) is 3. The highest BCUT2D eigenvalue weighted by Gasteiger charge is 2.25. The van der Waals surface area contributed by atoms with Crippen LogP contribution in [0.15, 0.2) is 18.2 Å². The fourth-order valence-electron chi connectivity index (χ4n) is 3.07. The van der Waals surface area contributed by atoms with Crippen molar-refractivity contribution in [1.82, 2.24) is 15.3 Å². The first-order valence-corrected chi connectivity index (χ1v) is 7.59. The smallest absolute Gasteiger partial charge is 0.220 e. The molecule has 0 radical (unpaired) electrons. The van der Waals surface area contributed by atoms with Gasteiger partial charge < -0.3 is 16.0 Å². The van der Waals surface area contributed by atoms with E-state index in [-0.39, 0.29) is 11.9 Å². The number of carbonyl (C=O) groups excluding carboxylic acids is 1. The summed E-state index contributed by atoms with van der Waals surface area (Å²) in [5.74, 6) is 1.19. The summed E-state index contributed by atoms with van der Waals surface area (Å²) in [5.41, 5.74) is 9.14.